The number of fused-ring (bicyclic) bond motifs is 8. The Morgan fingerprint density at radius 3 is 2.02 bits per heavy atom. The van der Waals surface area contributed by atoms with Crippen molar-refractivity contribution in [2.75, 3.05) is 4.90 Å². The van der Waals surface area contributed by atoms with Crippen LogP contribution in [0.4, 0.5) is 17.1 Å². The number of nitrogens with zero attached hydrogens (tertiary/aromatic N) is 1. The van der Waals surface area contributed by atoms with Gasteiger partial charge in [0.25, 0.3) is 0 Å². The standard InChI is InChI=1S/C44H27NOS/c1-2-9-28(10-3-1)29-19-22-33(23-20-29)45-39-24-21-30(34-13-8-14-37-35-11-4-6-15-41(35)46-44(34)37)25-31(39)17-18-32-26-43-38(27-40(32)45)36-12-5-7-16-42(36)47-43/h1-27H. The molecule has 7 aromatic carbocycles. The van der Waals surface area contributed by atoms with Crippen molar-refractivity contribution in [1.82, 2.24) is 0 Å². The Balaban J connectivity index is 1.18. The van der Waals surface area contributed by atoms with Gasteiger partial charge in [0.05, 0.1) is 11.4 Å². The number of benzene rings is 7. The molecule has 2 aromatic heterocycles. The highest BCUT2D eigenvalue weighted by molar-refractivity contribution is 7.25. The van der Waals surface area contributed by atoms with Gasteiger partial charge in [-0.1, -0.05) is 115 Å². The fourth-order valence-corrected chi connectivity index (χ4v) is 8.29. The Bertz CT molecular complexity index is 2680. The van der Waals surface area contributed by atoms with Gasteiger partial charge in [-0.15, -0.1) is 11.3 Å². The summed E-state index contributed by atoms with van der Waals surface area (Å²) in [4.78, 5) is 2.43. The average Bonchev–Trinajstić information content (AvgIpc) is 3.65. The van der Waals surface area contributed by atoms with Gasteiger partial charge in [-0.05, 0) is 76.3 Å². The molecule has 10 rings (SSSR count). The molecule has 0 spiro atoms. The summed E-state index contributed by atoms with van der Waals surface area (Å²) in [5, 5.41) is 4.88. The molecule has 0 unspecified atom stereocenters. The van der Waals surface area contributed by atoms with E-state index in [1.165, 1.54) is 42.6 Å². The first kappa shape index (κ1) is 26.3. The van der Waals surface area contributed by atoms with E-state index in [4.69, 9.17) is 4.42 Å². The molecule has 0 amide bonds. The molecule has 0 aliphatic carbocycles. The van der Waals surface area contributed by atoms with Crippen molar-refractivity contribution >= 4 is 82.7 Å². The second kappa shape index (κ2) is 10.3. The third kappa shape index (κ3) is 4.17. The van der Waals surface area contributed by atoms with E-state index in [2.05, 4.69) is 157 Å². The van der Waals surface area contributed by atoms with Gasteiger partial charge in [0, 0.05) is 42.2 Å². The van der Waals surface area contributed by atoms with Crippen molar-refractivity contribution in [2.24, 2.45) is 0 Å². The largest absolute Gasteiger partial charge is 0.455 e. The van der Waals surface area contributed by atoms with E-state index in [0.29, 0.717) is 0 Å². The normalized spacial score (nSPS) is 12.6. The number of para-hydroxylation sites is 2. The molecule has 0 radical (unpaired) electrons. The number of anilines is 3. The smallest absolute Gasteiger partial charge is 0.143 e. The Labute approximate surface area is 276 Å². The number of furan rings is 1. The lowest BCUT2D eigenvalue weighted by Crippen LogP contribution is -2.11. The van der Waals surface area contributed by atoms with Crippen LogP contribution < -0.4 is 4.90 Å². The summed E-state index contributed by atoms with van der Waals surface area (Å²) in [6, 6.07) is 54.6. The third-order valence-corrected chi connectivity index (χ3v) is 10.6. The van der Waals surface area contributed by atoms with E-state index in [-0.39, 0.29) is 0 Å². The van der Waals surface area contributed by atoms with E-state index >= 15 is 0 Å². The van der Waals surface area contributed by atoms with Crippen LogP contribution in [0.2, 0.25) is 0 Å². The molecule has 220 valence electrons. The second-order valence-electron chi connectivity index (χ2n) is 12.1. The van der Waals surface area contributed by atoms with Crippen LogP contribution in [0.25, 0.3) is 76.5 Å². The van der Waals surface area contributed by atoms with Crippen molar-refractivity contribution in [3.05, 3.63) is 163 Å². The van der Waals surface area contributed by atoms with Gasteiger partial charge < -0.3 is 9.32 Å². The summed E-state index contributed by atoms with van der Waals surface area (Å²) in [5.74, 6) is 0. The monoisotopic (exact) mass is 617 g/mol. The highest BCUT2D eigenvalue weighted by Gasteiger charge is 2.23. The minimum absolute atomic E-state index is 0.915. The maximum absolute atomic E-state index is 6.44. The molecule has 2 nitrogen and oxygen atoms in total. The molecule has 9 aromatic rings. The fraction of sp³-hybridized carbons (Fsp3) is 0. The van der Waals surface area contributed by atoms with E-state index in [1.807, 2.05) is 23.5 Å². The first-order valence-corrected chi connectivity index (χ1v) is 16.7. The molecule has 3 heteroatoms. The van der Waals surface area contributed by atoms with Gasteiger partial charge in [-0.3, -0.25) is 0 Å². The van der Waals surface area contributed by atoms with E-state index in [0.717, 1.165) is 50.0 Å². The second-order valence-corrected chi connectivity index (χ2v) is 13.2. The van der Waals surface area contributed by atoms with Gasteiger partial charge in [0.1, 0.15) is 11.2 Å². The SMILES string of the molecule is C1=Cc2cc3sc4ccccc4c3cc2N(c2ccc(-c3ccccc3)cc2)c2ccc(-c3cccc4c3oc3ccccc34)cc21. The minimum atomic E-state index is 0.915. The van der Waals surface area contributed by atoms with Crippen LogP contribution in [0.15, 0.2) is 156 Å². The third-order valence-electron chi connectivity index (χ3n) is 9.43. The van der Waals surface area contributed by atoms with E-state index in [1.54, 1.807) is 0 Å². The molecular formula is C44H27NOS. The zero-order chi connectivity index (χ0) is 30.9. The summed E-state index contributed by atoms with van der Waals surface area (Å²) in [7, 11) is 0. The zero-order valence-corrected chi connectivity index (χ0v) is 26.2. The van der Waals surface area contributed by atoms with Crippen molar-refractivity contribution in [3.63, 3.8) is 0 Å². The number of thiophene rings is 1. The topological polar surface area (TPSA) is 16.4 Å². The number of hydrogen-bond donors (Lipinski definition) is 0. The minimum Gasteiger partial charge on any atom is -0.455 e. The number of rotatable bonds is 3. The number of hydrogen-bond acceptors (Lipinski definition) is 3. The van der Waals surface area contributed by atoms with Crippen LogP contribution >= 0.6 is 11.3 Å². The molecule has 3 heterocycles. The van der Waals surface area contributed by atoms with Crippen molar-refractivity contribution in [2.45, 2.75) is 0 Å². The highest BCUT2D eigenvalue weighted by Crippen LogP contribution is 2.47. The summed E-state index contributed by atoms with van der Waals surface area (Å²) < 4.78 is 9.06. The van der Waals surface area contributed by atoms with Crippen molar-refractivity contribution in [3.8, 4) is 22.3 Å². The van der Waals surface area contributed by atoms with Crippen LogP contribution in [0.3, 0.4) is 0 Å². The van der Waals surface area contributed by atoms with Crippen LogP contribution in [0.5, 0.6) is 0 Å². The lowest BCUT2D eigenvalue weighted by atomic mass is 9.98. The molecule has 1 aliphatic rings. The Hall–Kier alpha value is -5.90. The summed E-state index contributed by atoms with van der Waals surface area (Å²) in [6.07, 6.45) is 4.55. The lowest BCUT2D eigenvalue weighted by molar-refractivity contribution is 0.670. The fourth-order valence-electron chi connectivity index (χ4n) is 7.16. The van der Waals surface area contributed by atoms with Gasteiger partial charge in [-0.2, -0.15) is 0 Å². The zero-order valence-electron chi connectivity index (χ0n) is 25.4. The Kier molecular flexibility index (Phi) is 5.78. The van der Waals surface area contributed by atoms with E-state index in [9.17, 15) is 0 Å². The van der Waals surface area contributed by atoms with Crippen LogP contribution in [0.1, 0.15) is 11.1 Å². The Morgan fingerprint density at radius 1 is 0.447 bits per heavy atom. The van der Waals surface area contributed by atoms with Gasteiger partial charge >= 0.3 is 0 Å². The summed E-state index contributed by atoms with van der Waals surface area (Å²) in [5.41, 5.74) is 12.3. The summed E-state index contributed by atoms with van der Waals surface area (Å²) in [6.45, 7) is 0. The van der Waals surface area contributed by atoms with Crippen molar-refractivity contribution in [1.29, 1.82) is 0 Å². The van der Waals surface area contributed by atoms with Crippen molar-refractivity contribution < 1.29 is 4.42 Å². The molecule has 47 heavy (non-hydrogen) atoms. The Morgan fingerprint density at radius 2 is 1.15 bits per heavy atom. The van der Waals surface area contributed by atoms with Gasteiger partial charge in [0.2, 0.25) is 0 Å². The first-order valence-electron chi connectivity index (χ1n) is 15.9. The molecule has 0 atom stereocenters. The quantitative estimate of drug-likeness (QED) is 0.196. The van der Waals surface area contributed by atoms with E-state index < -0.39 is 0 Å². The highest BCUT2D eigenvalue weighted by atomic mass is 32.1. The lowest BCUT2D eigenvalue weighted by Gasteiger charge is -2.28. The predicted molar refractivity (Wildman–Crippen MR) is 201 cm³/mol. The molecule has 0 bridgehead atoms. The van der Waals surface area contributed by atoms with Crippen LogP contribution in [-0.4, -0.2) is 0 Å². The molecule has 1 aliphatic heterocycles. The van der Waals surface area contributed by atoms with Crippen LogP contribution in [0, 0.1) is 0 Å². The molecule has 0 fully saturated rings. The molecule has 0 N–H and O–H groups in total. The average molecular weight is 618 g/mol. The maximum atomic E-state index is 6.44. The first-order chi connectivity index (χ1) is 23.3. The van der Waals surface area contributed by atoms with Crippen LogP contribution in [-0.2, 0) is 0 Å². The summed E-state index contributed by atoms with van der Waals surface area (Å²) >= 11 is 1.86. The molecule has 0 saturated carbocycles. The maximum Gasteiger partial charge on any atom is 0.143 e. The molecular weight excluding hydrogens is 591 g/mol. The predicted octanol–water partition coefficient (Wildman–Crippen LogP) is 13.2. The molecule has 0 saturated heterocycles. The van der Waals surface area contributed by atoms with Gasteiger partial charge in [-0.25, -0.2) is 0 Å². The van der Waals surface area contributed by atoms with Gasteiger partial charge in [0.15, 0.2) is 0 Å².